The van der Waals surface area contributed by atoms with E-state index in [1.807, 2.05) is 25.1 Å². The summed E-state index contributed by atoms with van der Waals surface area (Å²) >= 11 is 0. The second-order valence-electron chi connectivity index (χ2n) is 6.01. The average molecular weight is 320 g/mol. The average Bonchev–Trinajstić information content (AvgIpc) is 3.05. The van der Waals surface area contributed by atoms with Crippen molar-refractivity contribution in [1.29, 1.82) is 0 Å². The first-order valence-electron chi connectivity index (χ1n) is 8.57. The third-order valence-corrected chi connectivity index (χ3v) is 3.98. The molecule has 5 heteroatoms. The van der Waals surface area contributed by atoms with Gasteiger partial charge in [-0.2, -0.15) is 0 Å². The van der Waals surface area contributed by atoms with Crippen LogP contribution in [-0.4, -0.2) is 31.3 Å². The maximum Gasteiger partial charge on any atom is 0.253 e. The predicted molar refractivity (Wildman–Crippen MR) is 91.8 cm³/mol. The fourth-order valence-corrected chi connectivity index (χ4v) is 2.85. The summed E-state index contributed by atoms with van der Waals surface area (Å²) in [5.41, 5.74) is 7.94. The number of carbonyl (C=O) groups is 1. The van der Waals surface area contributed by atoms with Gasteiger partial charge < -0.3 is 20.5 Å². The van der Waals surface area contributed by atoms with E-state index >= 15 is 0 Å². The molecule has 1 aliphatic rings. The molecular weight excluding hydrogens is 292 g/mol. The van der Waals surface area contributed by atoms with Crippen molar-refractivity contribution in [3.8, 4) is 5.75 Å². The van der Waals surface area contributed by atoms with Gasteiger partial charge in [-0.3, -0.25) is 4.79 Å². The molecule has 128 valence electrons. The molecule has 2 atom stereocenters. The molecule has 1 aromatic carbocycles. The third kappa shape index (κ3) is 5.22. The molecule has 3 N–H and O–H groups in total. The second kappa shape index (κ2) is 8.89. The Balaban J connectivity index is 2.07. The molecule has 0 saturated carbocycles. The van der Waals surface area contributed by atoms with E-state index in [0.29, 0.717) is 24.7 Å². The Labute approximate surface area is 138 Å². The van der Waals surface area contributed by atoms with Gasteiger partial charge in [-0.15, -0.1) is 0 Å². The number of rotatable bonds is 8. The number of anilines is 1. The van der Waals surface area contributed by atoms with Crippen LogP contribution in [-0.2, 0) is 16.0 Å². The minimum absolute atomic E-state index is 0.0983. The Morgan fingerprint density at radius 3 is 2.96 bits per heavy atom. The highest BCUT2D eigenvalue weighted by molar-refractivity contribution is 5.95. The molecular formula is C18H28N2O3. The van der Waals surface area contributed by atoms with Crippen LogP contribution in [0.1, 0.15) is 45.1 Å². The summed E-state index contributed by atoms with van der Waals surface area (Å²) in [6.07, 6.45) is 4.26. The van der Waals surface area contributed by atoms with Gasteiger partial charge in [0.25, 0.3) is 5.91 Å². The van der Waals surface area contributed by atoms with Crippen LogP contribution in [0.2, 0.25) is 0 Å². The Morgan fingerprint density at radius 2 is 2.30 bits per heavy atom. The third-order valence-electron chi connectivity index (χ3n) is 3.98. The van der Waals surface area contributed by atoms with Crippen LogP contribution in [0.4, 0.5) is 5.69 Å². The summed E-state index contributed by atoms with van der Waals surface area (Å²) < 4.78 is 11.1. The van der Waals surface area contributed by atoms with Crippen molar-refractivity contribution in [2.24, 2.45) is 5.73 Å². The number of amides is 1. The fraction of sp³-hybridized carbons (Fsp3) is 0.611. The van der Waals surface area contributed by atoms with Gasteiger partial charge in [0, 0.05) is 12.6 Å². The van der Waals surface area contributed by atoms with Crippen molar-refractivity contribution in [1.82, 2.24) is 0 Å². The topological polar surface area (TPSA) is 73.6 Å². The molecule has 0 aromatic heterocycles. The lowest BCUT2D eigenvalue weighted by Crippen LogP contribution is -2.27. The van der Waals surface area contributed by atoms with E-state index < -0.39 is 0 Å². The molecule has 2 unspecified atom stereocenters. The van der Waals surface area contributed by atoms with Gasteiger partial charge in [-0.05, 0) is 50.3 Å². The number of nitrogens with two attached hydrogens (primary N) is 1. The lowest BCUT2D eigenvalue weighted by atomic mass is 10.0. The smallest absolute Gasteiger partial charge is 0.253 e. The van der Waals surface area contributed by atoms with E-state index in [-0.39, 0.29) is 18.1 Å². The molecule has 1 aliphatic heterocycles. The molecule has 1 heterocycles. The molecule has 1 saturated heterocycles. The molecule has 23 heavy (non-hydrogen) atoms. The van der Waals surface area contributed by atoms with Crippen molar-refractivity contribution in [2.45, 2.75) is 58.1 Å². The predicted octanol–water partition coefficient (Wildman–Crippen LogP) is 2.87. The second-order valence-corrected chi connectivity index (χ2v) is 6.01. The summed E-state index contributed by atoms with van der Waals surface area (Å²) in [5.74, 6) is 0.596. The van der Waals surface area contributed by atoms with Crippen LogP contribution < -0.4 is 15.8 Å². The number of hydrogen-bond acceptors (Lipinski definition) is 4. The van der Waals surface area contributed by atoms with Crippen LogP contribution in [0, 0.1) is 0 Å². The maximum absolute atomic E-state index is 12.2. The molecule has 1 amide bonds. The van der Waals surface area contributed by atoms with Crippen molar-refractivity contribution in [3.05, 3.63) is 23.8 Å². The van der Waals surface area contributed by atoms with Gasteiger partial charge in [0.15, 0.2) is 0 Å². The minimum atomic E-state index is -0.345. The number of benzene rings is 1. The lowest BCUT2D eigenvalue weighted by molar-refractivity contribution is -0.124. The summed E-state index contributed by atoms with van der Waals surface area (Å²) in [5, 5.41) is 2.92. The fourth-order valence-electron chi connectivity index (χ4n) is 2.85. The summed E-state index contributed by atoms with van der Waals surface area (Å²) in [4.78, 5) is 12.2. The monoisotopic (exact) mass is 320 g/mol. The van der Waals surface area contributed by atoms with Crippen molar-refractivity contribution >= 4 is 11.6 Å². The highest BCUT2D eigenvalue weighted by Gasteiger charge is 2.24. The Hall–Kier alpha value is -1.59. The molecule has 0 bridgehead atoms. The van der Waals surface area contributed by atoms with Crippen molar-refractivity contribution < 1.29 is 14.3 Å². The quantitative estimate of drug-likeness (QED) is 0.772. The van der Waals surface area contributed by atoms with Crippen LogP contribution in [0.5, 0.6) is 5.75 Å². The van der Waals surface area contributed by atoms with E-state index in [1.165, 1.54) is 0 Å². The van der Waals surface area contributed by atoms with E-state index in [4.69, 9.17) is 15.2 Å². The maximum atomic E-state index is 12.2. The zero-order valence-corrected chi connectivity index (χ0v) is 14.1. The molecule has 0 spiro atoms. The molecule has 0 aliphatic carbocycles. The van der Waals surface area contributed by atoms with Gasteiger partial charge in [-0.25, -0.2) is 0 Å². The Morgan fingerprint density at radius 1 is 1.48 bits per heavy atom. The zero-order chi connectivity index (χ0) is 16.7. The summed E-state index contributed by atoms with van der Waals surface area (Å²) in [7, 11) is 0. The van der Waals surface area contributed by atoms with Gasteiger partial charge in [0.2, 0.25) is 0 Å². The van der Waals surface area contributed by atoms with Gasteiger partial charge in [0.1, 0.15) is 11.9 Å². The van der Waals surface area contributed by atoms with E-state index in [0.717, 1.165) is 37.7 Å². The number of ether oxygens (including phenoxy) is 2. The first-order chi connectivity index (χ1) is 11.1. The Bertz CT molecular complexity index is 513. The van der Waals surface area contributed by atoms with Crippen LogP contribution in [0.3, 0.4) is 0 Å². The molecule has 1 aromatic rings. The zero-order valence-electron chi connectivity index (χ0n) is 14.1. The first kappa shape index (κ1) is 17.8. The van der Waals surface area contributed by atoms with Gasteiger partial charge >= 0.3 is 0 Å². The van der Waals surface area contributed by atoms with Crippen LogP contribution in [0.15, 0.2) is 18.2 Å². The van der Waals surface area contributed by atoms with Gasteiger partial charge in [0.05, 0.1) is 12.3 Å². The standard InChI is InChI=1S/C18H28N2O3/c1-3-6-14(19)11-13-8-9-15(17(12-13)22-4-2)20-18(21)16-7-5-10-23-16/h8-9,12,14,16H,3-7,10-11,19H2,1-2H3,(H,20,21). The lowest BCUT2D eigenvalue weighted by Gasteiger charge is -2.16. The summed E-state index contributed by atoms with van der Waals surface area (Å²) in [6, 6.07) is 6.03. The Kier molecular flexibility index (Phi) is 6.86. The van der Waals surface area contributed by atoms with Crippen molar-refractivity contribution in [2.75, 3.05) is 18.5 Å². The molecule has 5 nitrogen and oxygen atoms in total. The highest BCUT2D eigenvalue weighted by Crippen LogP contribution is 2.28. The number of nitrogens with one attached hydrogen (secondary N) is 1. The SMILES string of the molecule is CCCC(N)Cc1ccc(NC(=O)C2CCCO2)c(OCC)c1. The normalized spacial score (nSPS) is 18.7. The molecule has 2 rings (SSSR count). The first-order valence-corrected chi connectivity index (χ1v) is 8.57. The minimum Gasteiger partial charge on any atom is -0.492 e. The van der Waals surface area contributed by atoms with Crippen LogP contribution >= 0.6 is 0 Å². The largest absolute Gasteiger partial charge is 0.492 e. The summed E-state index contributed by atoms with van der Waals surface area (Å²) in [6.45, 7) is 5.27. The van der Waals surface area contributed by atoms with E-state index in [9.17, 15) is 4.79 Å². The van der Waals surface area contributed by atoms with E-state index in [1.54, 1.807) is 0 Å². The van der Waals surface area contributed by atoms with Crippen LogP contribution in [0.25, 0.3) is 0 Å². The van der Waals surface area contributed by atoms with Crippen molar-refractivity contribution in [3.63, 3.8) is 0 Å². The molecule has 0 radical (unpaired) electrons. The number of carbonyl (C=O) groups excluding carboxylic acids is 1. The van der Waals surface area contributed by atoms with Gasteiger partial charge in [-0.1, -0.05) is 19.4 Å². The van der Waals surface area contributed by atoms with E-state index in [2.05, 4.69) is 12.2 Å². The number of hydrogen-bond donors (Lipinski definition) is 2. The highest BCUT2D eigenvalue weighted by atomic mass is 16.5. The molecule has 1 fully saturated rings.